The lowest BCUT2D eigenvalue weighted by atomic mass is 9.83. The zero-order valence-corrected chi connectivity index (χ0v) is 12.1. The largest absolute Gasteiger partial charge is 0.466 e. The van der Waals surface area contributed by atoms with Crippen LogP contribution in [0.1, 0.15) is 26.2 Å². The highest BCUT2D eigenvalue weighted by atomic mass is 16.5. The van der Waals surface area contributed by atoms with E-state index in [0.29, 0.717) is 19.6 Å². The molecule has 1 aliphatic rings. The molecule has 1 heterocycles. The van der Waals surface area contributed by atoms with Gasteiger partial charge in [0.15, 0.2) is 0 Å². The van der Waals surface area contributed by atoms with Crippen LogP contribution in [-0.2, 0) is 14.3 Å². The van der Waals surface area contributed by atoms with Gasteiger partial charge in [-0.2, -0.15) is 0 Å². The van der Waals surface area contributed by atoms with E-state index in [1.165, 1.54) is 0 Å². The van der Waals surface area contributed by atoms with Crippen molar-refractivity contribution in [1.82, 2.24) is 4.90 Å². The zero-order valence-electron chi connectivity index (χ0n) is 12.1. The van der Waals surface area contributed by atoms with Gasteiger partial charge in [-0.25, -0.2) is 0 Å². The molecular formula is C16H23NO3. The van der Waals surface area contributed by atoms with Crippen molar-refractivity contribution in [3.63, 3.8) is 0 Å². The molecule has 0 aromatic heterocycles. The third-order valence-corrected chi connectivity index (χ3v) is 3.35. The van der Waals surface area contributed by atoms with Gasteiger partial charge in [0, 0.05) is 18.7 Å². The van der Waals surface area contributed by atoms with Crippen LogP contribution >= 0.6 is 0 Å². The fourth-order valence-electron chi connectivity index (χ4n) is 2.34. The molecule has 0 saturated heterocycles. The minimum absolute atomic E-state index is 0.0450. The van der Waals surface area contributed by atoms with Crippen LogP contribution in [0.5, 0.6) is 0 Å². The molecule has 20 heavy (non-hydrogen) atoms. The second kappa shape index (κ2) is 8.35. The average Bonchev–Trinajstić information content (AvgIpc) is 2.42. The summed E-state index contributed by atoms with van der Waals surface area (Å²) in [5.74, 6) is -0.180. The Morgan fingerprint density at radius 3 is 2.70 bits per heavy atom. The minimum atomic E-state index is -0.276. The summed E-state index contributed by atoms with van der Waals surface area (Å²) in [5, 5.41) is 0. The molecule has 0 saturated carbocycles. The molecule has 0 N–H and O–H groups in total. The summed E-state index contributed by atoms with van der Waals surface area (Å²) in [6, 6.07) is 0. The van der Waals surface area contributed by atoms with E-state index in [1.54, 1.807) is 24.1 Å². The molecule has 1 rings (SSSR count). The van der Waals surface area contributed by atoms with Crippen LogP contribution in [0.25, 0.3) is 0 Å². The van der Waals surface area contributed by atoms with Crippen LogP contribution in [0.15, 0.2) is 37.6 Å². The summed E-state index contributed by atoms with van der Waals surface area (Å²) in [7, 11) is 0. The molecule has 4 nitrogen and oxygen atoms in total. The molecule has 2 atom stereocenters. The predicted octanol–water partition coefficient (Wildman–Crippen LogP) is 2.68. The van der Waals surface area contributed by atoms with E-state index in [2.05, 4.69) is 13.2 Å². The Balaban J connectivity index is 2.67. The molecule has 4 heteroatoms. The maximum atomic E-state index is 12.4. The van der Waals surface area contributed by atoms with Gasteiger partial charge in [0.1, 0.15) is 0 Å². The second-order valence-corrected chi connectivity index (χ2v) is 4.75. The highest BCUT2D eigenvalue weighted by Crippen LogP contribution is 2.28. The Morgan fingerprint density at radius 2 is 2.10 bits per heavy atom. The maximum Gasteiger partial charge on any atom is 0.307 e. The Morgan fingerprint density at radius 1 is 1.40 bits per heavy atom. The molecule has 110 valence electrons. The number of allylic oxidation sites excluding steroid dienone is 3. The van der Waals surface area contributed by atoms with Gasteiger partial charge in [0.25, 0.3) is 0 Å². The van der Waals surface area contributed by atoms with Gasteiger partial charge >= 0.3 is 5.97 Å². The Labute approximate surface area is 120 Å². The van der Waals surface area contributed by atoms with Gasteiger partial charge in [-0.1, -0.05) is 18.2 Å². The van der Waals surface area contributed by atoms with Crippen LogP contribution in [-0.4, -0.2) is 29.9 Å². The molecule has 0 fully saturated rings. The lowest BCUT2D eigenvalue weighted by Crippen LogP contribution is -2.39. The molecule has 0 bridgehead atoms. The number of hydrogen-bond donors (Lipinski definition) is 0. The molecule has 0 aliphatic carbocycles. The molecule has 0 spiro atoms. The number of rotatable bonds is 8. The Bertz CT molecular complexity index is 401. The highest BCUT2D eigenvalue weighted by molar-refractivity contribution is 5.82. The van der Waals surface area contributed by atoms with Crippen molar-refractivity contribution in [3.8, 4) is 0 Å². The van der Waals surface area contributed by atoms with Gasteiger partial charge in [-0.05, 0) is 25.7 Å². The van der Waals surface area contributed by atoms with Crippen molar-refractivity contribution in [2.24, 2.45) is 11.8 Å². The average molecular weight is 277 g/mol. The third kappa shape index (κ3) is 4.37. The second-order valence-electron chi connectivity index (χ2n) is 4.75. The standard InChI is InChI=1S/C16H23NO3/c1-4-7-13-9-11-17(12-10-15(18)20-6-3)16(19)14(13)8-5-2/h4-5,9,11,13-14H,1-2,6-8,10,12H2,3H3/t13-,14+/m0/s1. The predicted molar refractivity (Wildman–Crippen MR) is 78.7 cm³/mol. The summed E-state index contributed by atoms with van der Waals surface area (Å²) in [5.41, 5.74) is 0. The highest BCUT2D eigenvalue weighted by Gasteiger charge is 2.31. The summed E-state index contributed by atoms with van der Waals surface area (Å²) < 4.78 is 4.87. The lowest BCUT2D eigenvalue weighted by Gasteiger charge is -2.32. The first kappa shape index (κ1) is 16.2. The van der Waals surface area contributed by atoms with Gasteiger partial charge in [0.2, 0.25) is 5.91 Å². The summed E-state index contributed by atoms with van der Waals surface area (Å²) >= 11 is 0. The van der Waals surface area contributed by atoms with Crippen LogP contribution < -0.4 is 0 Å². The maximum absolute atomic E-state index is 12.4. The normalized spacial score (nSPS) is 21.6. The fourth-order valence-corrected chi connectivity index (χ4v) is 2.34. The van der Waals surface area contributed by atoms with Crippen molar-refractivity contribution in [1.29, 1.82) is 0 Å². The first-order chi connectivity index (χ1) is 9.63. The zero-order chi connectivity index (χ0) is 15.0. The number of carbonyl (C=O) groups is 2. The van der Waals surface area contributed by atoms with Crippen molar-refractivity contribution >= 4 is 11.9 Å². The van der Waals surface area contributed by atoms with Crippen molar-refractivity contribution in [2.75, 3.05) is 13.2 Å². The van der Waals surface area contributed by atoms with Crippen molar-refractivity contribution in [3.05, 3.63) is 37.6 Å². The summed E-state index contributed by atoms with van der Waals surface area (Å²) in [4.78, 5) is 25.4. The number of carbonyl (C=O) groups excluding carboxylic acids is 2. The monoisotopic (exact) mass is 277 g/mol. The number of ether oxygens (including phenoxy) is 1. The Hall–Kier alpha value is -1.84. The van der Waals surface area contributed by atoms with Crippen LogP contribution in [0.4, 0.5) is 0 Å². The number of hydrogen-bond acceptors (Lipinski definition) is 3. The molecule has 0 radical (unpaired) electrons. The number of amides is 1. The number of nitrogens with zero attached hydrogens (tertiary/aromatic N) is 1. The first-order valence-electron chi connectivity index (χ1n) is 7.00. The summed E-state index contributed by atoms with van der Waals surface area (Å²) in [6.45, 7) is 9.94. The third-order valence-electron chi connectivity index (χ3n) is 3.35. The van der Waals surface area contributed by atoms with Crippen LogP contribution in [0, 0.1) is 11.8 Å². The lowest BCUT2D eigenvalue weighted by molar-refractivity contribution is -0.144. The number of esters is 1. The first-order valence-corrected chi connectivity index (χ1v) is 7.00. The van der Waals surface area contributed by atoms with E-state index in [9.17, 15) is 9.59 Å². The van der Waals surface area contributed by atoms with E-state index < -0.39 is 0 Å². The van der Waals surface area contributed by atoms with E-state index >= 15 is 0 Å². The smallest absolute Gasteiger partial charge is 0.307 e. The van der Waals surface area contributed by atoms with E-state index in [0.717, 1.165) is 6.42 Å². The van der Waals surface area contributed by atoms with E-state index in [1.807, 2.05) is 12.2 Å². The van der Waals surface area contributed by atoms with Crippen LogP contribution in [0.2, 0.25) is 0 Å². The van der Waals surface area contributed by atoms with E-state index in [-0.39, 0.29) is 30.1 Å². The molecule has 0 unspecified atom stereocenters. The quantitative estimate of drug-likeness (QED) is 0.506. The summed E-state index contributed by atoms with van der Waals surface area (Å²) in [6.07, 6.45) is 9.01. The molecular weight excluding hydrogens is 254 g/mol. The molecule has 0 aromatic rings. The molecule has 0 aromatic carbocycles. The molecule has 1 amide bonds. The van der Waals surface area contributed by atoms with Gasteiger partial charge in [-0.3, -0.25) is 9.59 Å². The van der Waals surface area contributed by atoms with Gasteiger partial charge in [0.05, 0.1) is 13.0 Å². The fraction of sp³-hybridized carbons (Fsp3) is 0.500. The van der Waals surface area contributed by atoms with Crippen LogP contribution in [0.3, 0.4) is 0 Å². The van der Waals surface area contributed by atoms with Crippen molar-refractivity contribution in [2.45, 2.75) is 26.2 Å². The van der Waals surface area contributed by atoms with Gasteiger partial charge < -0.3 is 9.64 Å². The Kier molecular flexibility index (Phi) is 6.77. The molecule has 1 aliphatic heterocycles. The SMILES string of the molecule is C=CC[C@H]1C=CN(CCC(=O)OCC)C(=O)[C@@H]1CC=C. The van der Waals surface area contributed by atoms with Crippen molar-refractivity contribution < 1.29 is 14.3 Å². The minimum Gasteiger partial charge on any atom is -0.466 e. The van der Waals surface area contributed by atoms with Gasteiger partial charge in [-0.15, -0.1) is 13.2 Å². The van der Waals surface area contributed by atoms with E-state index in [4.69, 9.17) is 4.74 Å². The topological polar surface area (TPSA) is 46.6 Å².